The number of aryl methyl sites for hydroxylation is 1. The van der Waals surface area contributed by atoms with E-state index in [2.05, 4.69) is 4.98 Å². The molecule has 2 N–H and O–H groups in total. The molecule has 1 aromatic heterocycles. The lowest BCUT2D eigenvalue weighted by Crippen LogP contribution is -2.28. The summed E-state index contributed by atoms with van der Waals surface area (Å²) in [5.74, 6) is -0.774. The third-order valence-corrected chi connectivity index (χ3v) is 4.45. The fourth-order valence-corrected chi connectivity index (χ4v) is 3.86. The summed E-state index contributed by atoms with van der Waals surface area (Å²) >= 11 is 11.8. The van der Waals surface area contributed by atoms with Crippen LogP contribution in [0.15, 0.2) is 6.07 Å². The molecular weight excluding hydrogens is 325 g/mol. The smallest absolute Gasteiger partial charge is 0.227 e. The summed E-state index contributed by atoms with van der Waals surface area (Å²) in [6.07, 6.45) is 0.120. The van der Waals surface area contributed by atoms with Crippen LogP contribution in [-0.4, -0.2) is 31.6 Å². The first-order valence-electron chi connectivity index (χ1n) is 5.81. The molecule has 1 aliphatic rings. The molecule has 1 fully saturated rings. The number of amides is 1. The highest BCUT2D eigenvalue weighted by Gasteiger charge is 2.34. The number of sulfonamides is 1. The Hall–Kier alpha value is -0.890. The van der Waals surface area contributed by atoms with E-state index >= 15 is 0 Å². The van der Waals surface area contributed by atoms with E-state index in [-0.39, 0.29) is 40.8 Å². The van der Waals surface area contributed by atoms with Gasteiger partial charge in [-0.25, -0.2) is 18.5 Å². The number of hydrogen-bond donors (Lipinski definition) is 1. The van der Waals surface area contributed by atoms with Crippen molar-refractivity contribution < 1.29 is 13.2 Å². The largest absolute Gasteiger partial charge is 0.309 e. The third-order valence-electron chi connectivity index (χ3n) is 3.05. The van der Waals surface area contributed by atoms with Crippen molar-refractivity contribution in [3.05, 3.63) is 21.9 Å². The summed E-state index contributed by atoms with van der Waals surface area (Å²) in [5.41, 5.74) is 1.18. The normalized spacial score (nSPS) is 19.7. The van der Waals surface area contributed by atoms with Gasteiger partial charge in [-0.2, -0.15) is 0 Å². The maximum Gasteiger partial charge on any atom is 0.227 e. The number of carbonyl (C=O) groups excluding carboxylic acids is 1. The van der Waals surface area contributed by atoms with Gasteiger partial charge in [0.2, 0.25) is 15.9 Å². The second-order valence-corrected chi connectivity index (χ2v) is 7.21. The van der Waals surface area contributed by atoms with E-state index in [1.54, 1.807) is 13.0 Å². The van der Waals surface area contributed by atoms with Crippen molar-refractivity contribution in [2.45, 2.75) is 13.3 Å². The molecule has 2 heterocycles. The van der Waals surface area contributed by atoms with Crippen molar-refractivity contribution in [1.82, 2.24) is 4.98 Å². The molecule has 0 spiro atoms. The van der Waals surface area contributed by atoms with Gasteiger partial charge in [-0.3, -0.25) is 4.79 Å². The lowest BCUT2D eigenvalue weighted by molar-refractivity contribution is -0.117. The van der Waals surface area contributed by atoms with Gasteiger partial charge >= 0.3 is 0 Å². The Balaban J connectivity index is 2.29. The maximum absolute atomic E-state index is 12.0. The minimum atomic E-state index is -3.61. The molecule has 1 unspecified atom stereocenters. The van der Waals surface area contributed by atoms with Crippen molar-refractivity contribution >= 4 is 44.8 Å². The molecule has 20 heavy (non-hydrogen) atoms. The van der Waals surface area contributed by atoms with Crippen LogP contribution >= 0.6 is 23.2 Å². The second kappa shape index (κ2) is 5.48. The van der Waals surface area contributed by atoms with E-state index in [1.807, 2.05) is 0 Å². The first-order chi connectivity index (χ1) is 9.17. The number of nitrogens with two attached hydrogens (primary N) is 1. The van der Waals surface area contributed by atoms with Crippen LogP contribution in [-0.2, 0) is 14.8 Å². The van der Waals surface area contributed by atoms with Crippen LogP contribution in [0.1, 0.15) is 12.0 Å². The summed E-state index contributed by atoms with van der Waals surface area (Å²) in [4.78, 5) is 17.4. The molecule has 110 valence electrons. The minimum Gasteiger partial charge on any atom is -0.309 e. The highest BCUT2D eigenvalue weighted by atomic mass is 35.5. The maximum atomic E-state index is 12.0. The number of anilines is 1. The van der Waals surface area contributed by atoms with E-state index in [0.29, 0.717) is 11.3 Å². The lowest BCUT2D eigenvalue weighted by atomic mass is 10.1. The van der Waals surface area contributed by atoms with Crippen LogP contribution < -0.4 is 10.0 Å². The van der Waals surface area contributed by atoms with E-state index < -0.39 is 10.0 Å². The van der Waals surface area contributed by atoms with Crippen LogP contribution in [0.2, 0.25) is 10.3 Å². The van der Waals surface area contributed by atoms with E-state index in [0.717, 1.165) is 0 Å². The number of nitrogens with zero attached hydrogens (tertiary/aromatic N) is 2. The zero-order valence-corrected chi connectivity index (χ0v) is 13.0. The lowest BCUT2D eigenvalue weighted by Gasteiger charge is -2.20. The Morgan fingerprint density at radius 1 is 1.50 bits per heavy atom. The van der Waals surface area contributed by atoms with Gasteiger partial charge in [0, 0.05) is 18.9 Å². The van der Waals surface area contributed by atoms with Crippen molar-refractivity contribution in [2.75, 3.05) is 17.2 Å². The summed E-state index contributed by atoms with van der Waals surface area (Å²) in [6, 6.07) is 1.60. The van der Waals surface area contributed by atoms with Gasteiger partial charge in [0.25, 0.3) is 0 Å². The van der Waals surface area contributed by atoms with Crippen LogP contribution in [0.5, 0.6) is 0 Å². The number of primary sulfonamides is 1. The van der Waals surface area contributed by atoms with Gasteiger partial charge in [-0.15, -0.1) is 0 Å². The van der Waals surface area contributed by atoms with Gasteiger partial charge in [-0.05, 0) is 18.6 Å². The van der Waals surface area contributed by atoms with E-state index in [9.17, 15) is 13.2 Å². The number of halogens is 2. The van der Waals surface area contributed by atoms with E-state index in [4.69, 9.17) is 28.3 Å². The number of hydrogen-bond acceptors (Lipinski definition) is 4. The first kappa shape index (κ1) is 15.5. The van der Waals surface area contributed by atoms with Crippen molar-refractivity contribution in [1.29, 1.82) is 0 Å². The number of aromatic nitrogens is 1. The standard InChI is InChI=1S/C11H13Cl2N3O3S/c1-6-2-8(12)15-11(13)10(6)16-4-7(3-9(16)17)5-20(14,18)19/h2,7H,3-5H2,1H3,(H2,14,18,19). The number of rotatable bonds is 3. The van der Waals surface area contributed by atoms with Crippen LogP contribution in [0.4, 0.5) is 5.69 Å². The molecule has 0 radical (unpaired) electrons. The third kappa shape index (κ3) is 3.41. The Bertz CT molecular complexity index is 640. The molecule has 0 saturated carbocycles. The quantitative estimate of drug-likeness (QED) is 0.842. The topological polar surface area (TPSA) is 93.4 Å². The fraction of sp³-hybridized carbons (Fsp3) is 0.455. The number of pyridine rings is 1. The molecule has 9 heteroatoms. The van der Waals surface area contributed by atoms with Crippen molar-refractivity contribution in [3.8, 4) is 0 Å². The van der Waals surface area contributed by atoms with Gasteiger partial charge in [0.05, 0.1) is 11.4 Å². The molecule has 2 rings (SSSR count). The molecule has 1 aliphatic heterocycles. The summed E-state index contributed by atoms with van der Waals surface area (Å²) < 4.78 is 22.2. The Morgan fingerprint density at radius 3 is 2.70 bits per heavy atom. The molecule has 1 atom stereocenters. The Morgan fingerprint density at radius 2 is 2.15 bits per heavy atom. The average Bonchev–Trinajstić information content (AvgIpc) is 2.55. The SMILES string of the molecule is Cc1cc(Cl)nc(Cl)c1N1CC(CS(N)(=O)=O)CC1=O. The minimum absolute atomic E-state index is 0.120. The molecule has 1 amide bonds. The predicted molar refractivity (Wildman–Crippen MR) is 77.4 cm³/mol. The monoisotopic (exact) mass is 337 g/mol. The summed E-state index contributed by atoms with van der Waals surface area (Å²) in [5, 5.41) is 5.38. The van der Waals surface area contributed by atoms with E-state index in [1.165, 1.54) is 4.90 Å². The zero-order chi connectivity index (χ0) is 15.1. The van der Waals surface area contributed by atoms with Crippen molar-refractivity contribution in [2.24, 2.45) is 11.1 Å². The zero-order valence-electron chi connectivity index (χ0n) is 10.6. The van der Waals surface area contributed by atoms with Gasteiger partial charge in [0.15, 0.2) is 5.15 Å². The Labute approximate surface area is 126 Å². The first-order valence-corrected chi connectivity index (χ1v) is 8.28. The second-order valence-electron chi connectivity index (χ2n) is 4.81. The van der Waals surface area contributed by atoms with Crippen LogP contribution in [0, 0.1) is 12.8 Å². The van der Waals surface area contributed by atoms with Crippen LogP contribution in [0.3, 0.4) is 0 Å². The molecular formula is C11H13Cl2N3O3S. The van der Waals surface area contributed by atoms with Gasteiger partial charge in [-0.1, -0.05) is 23.2 Å². The molecule has 0 aliphatic carbocycles. The summed E-state index contributed by atoms with van der Waals surface area (Å²) in [7, 11) is -3.61. The predicted octanol–water partition coefficient (Wildman–Crippen LogP) is 1.34. The fourth-order valence-electron chi connectivity index (χ4n) is 2.35. The molecule has 0 bridgehead atoms. The molecule has 1 saturated heterocycles. The van der Waals surface area contributed by atoms with Crippen LogP contribution in [0.25, 0.3) is 0 Å². The Kier molecular flexibility index (Phi) is 4.24. The summed E-state index contributed by atoms with van der Waals surface area (Å²) in [6.45, 7) is 2.01. The van der Waals surface area contributed by atoms with Crippen molar-refractivity contribution in [3.63, 3.8) is 0 Å². The number of carbonyl (C=O) groups is 1. The highest BCUT2D eigenvalue weighted by Crippen LogP contribution is 2.34. The molecule has 6 nitrogen and oxygen atoms in total. The molecule has 0 aromatic carbocycles. The molecule has 1 aromatic rings. The highest BCUT2D eigenvalue weighted by molar-refractivity contribution is 7.89. The average molecular weight is 338 g/mol. The van der Waals surface area contributed by atoms with Gasteiger partial charge in [0.1, 0.15) is 5.15 Å². The van der Waals surface area contributed by atoms with Gasteiger partial charge < -0.3 is 4.90 Å².